The van der Waals surface area contributed by atoms with Crippen LogP contribution in [0.25, 0.3) is 0 Å². The Hall–Kier alpha value is -1.74. The first kappa shape index (κ1) is 14.2. The molecule has 114 valence electrons. The summed E-state index contributed by atoms with van der Waals surface area (Å²) in [6.45, 7) is 2.88. The van der Waals surface area contributed by atoms with E-state index in [1.54, 1.807) is 6.07 Å². The fourth-order valence-electron chi connectivity index (χ4n) is 2.74. The summed E-state index contributed by atoms with van der Waals surface area (Å²) in [6.07, 6.45) is 5.50. The van der Waals surface area contributed by atoms with Gasteiger partial charge in [0.2, 0.25) is 0 Å². The van der Waals surface area contributed by atoms with Crippen molar-refractivity contribution in [3.05, 3.63) is 24.4 Å². The third kappa shape index (κ3) is 2.46. The molecule has 3 heterocycles. The molecule has 1 atom stereocenters. The lowest BCUT2D eigenvalue weighted by atomic mass is 10.0. The lowest BCUT2D eigenvalue weighted by Gasteiger charge is -2.33. The highest BCUT2D eigenvalue weighted by Gasteiger charge is 2.37. The SMILES string of the molecule is CCn1nccc1S(=O)(=O)N1CCCCC1c1ncn[nH]1. The second-order valence-electron chi connectivity index (χ2n) is 4.98. The van der Waals surface area contributed by atoms with Gasteiger partial charge in [0.1, 0.15) is 12.2 Å². The maximum Gasteiger partial charge on any atom is 0.260 e. The van der Waals surface area contributed by atoms with Crippen LogP contribution in [0.2, 0.25) is 0 Å². The van der Waals surface area contributed by atoms with Gasteiger partial charge in [0, 0.05) is 13.1 Å². The number of rotatable bonds is 4. The molecule has 1 saturated heterocycles. The number of hydrogen-bond donors (Lipinski definition) is 1. The van der Waals surface area contributed by atoms with Crippen molar-refractivity contribution < 1.29 is 8.42 Å². The number of nitrogens with zero attached hydrogens (tertiary/aromatic N) is 5. The van der Waals surface area contributed by atoms with Gasteiger partial charge in [0.25, 0.3) is 10.0 Å². The Labute approximate surface area is 123 Å². The predicted octanol–water partition coefficient (Wildman–Crippen LogP) is 0.937. The zero-order chi connectivity index (χ0) is 14.9. The summed E-state index contributed by atoms with van der Waals surface area (Å²) in [5.74, 6) is 0.598. The number of aromatic amines is 1. The zero-order valence-corrected chi connectivity index (χ0v) is 12.6. The summed E-state index contributed by atoms with van der Waals surface area (Å²) in [6, 6.07) is 1.26. The molecule has 1 aliphatic heterocycles. The van der Waals surface area contributed by atoms with Crippen molar-refractivity contribution in [3.8, 4) is 0 Å². The summed E-state index contributed by atoms with van der Waals surface area (Å²) in [7, 11) is -3.59. The van der Waals surface area contributed by atoms with Gasteiger partial charge in [0.05, 0.1) is 12.2 Å². The molecule has 0 radical (unpaired) electrons. The standard InChI is InChI=1S/C12H18N6O2S/c1-2-17-11(6-7-15-17)21(19,20)18-8-4-3-5-10(18)12-13-9-14-16-12/h6-7,9-10H,2-5,8H2,1H3,(H,13,14,16). The maximum absolute atomic E-state index is 12.9. The van der Waals surface area contributed by atoms with Gasteiger partial charge < -0.3 is 0 Å². The molecule has 8 nitrogen and oxygen atoms in total. The zero-order valence-electron chi connectivity index (χ0n) is 11.8. The summed E-state index contributed by atoms with van der Waals surface area (Å²) >= 11 is 0. The van der Waals surface area contributed by atoms with Crippen molar-refractivity contribution >= 4 is 10.0 Å². The summed E-state index contributed by atoms with van der Waals surface area (Å²) < 4.78 is 28.9. The molecule has 1 aliphatic rings. The highest BCUT2D eigenvalue weighted by atomic mass is 32.2. The van der Waals surface area contributed by atoms with E-state index in [-0.39, 0.29) is 11.1 Å². The fraction of sp³-hybridized carbons (Fsp3) is 0.583. The van der Waals surface area contributed by atoms with Crippen LogP contribution in [0.4, 0.5) is 0 Å². The number of sulfonamides is 1. The van der Waals surface area contributed by atoms with Crippen molar-refractivity contribution in [2.75, 3.05) is 6.54 Å². The first-order chi connectivity index (χ1) is 10.1. The maximum atomic E-state index is 12.9. The quantitative estimate of drug-likeness (QED) is 0.906. The molecule has 0 saturated carbocycles. The Morgan fingerprint density at radius 1 is 1.43 bits per heavy atom. The van der Waals surface area contributed by atoms with Gasteiger partial charge in [-0.25, -0.2) is 13.4 Å². The summed E-state index contributed by atoms with van der Waals surface area (Å²) in [5, 5.41) is 10.9. The molecule has 21 heavy (non-hydrogen) atoms. The minimum Gasteiger partial charge on any atom is -0.262 e. The van der Waals surface area contributed by atoms with Crippen molar-refractivity contribution in [2.45, 2.75) is 43.8 Å². The lowest BCUT2D eigenvalue weighted by Crippen LogP contribution is -2.39. The van der Waals surface area contributed by atoms with E-state index in [0.29, 0.717) is 18.9 Å². The van der Waals surface area contributed by atoms with E-state index in [4.69, 9.17) is 0 Å². The minimum absolute atomic E-state index is 0.233. The normalized spacial score (nSPS) is 20.7. The molecule has 0 aromatic carbocycles. The third-order valence-corrected chi connectivity index (χ3v) is 5.68. The largest absolute Gasteiger partial charge is 0.262 e. The van der Waals surface area contributed by atoms with Gasteiger partial charge >= 0.3 is 0 Å². The second-order valence-corrected chi connectivity index (χ2v) is 6.82. The second kappa shape index (κ2) is 5.57. The Morgan fingerprint density at radius 3 is 3.00 bits per heavy atom. The highest BCUT2D eigenvalue weighted by molar-refractivity contribution is 7.89. The first-order valence-corrected chi connectivity index (χ1v) is 8.47. The Kier molecular flexibility index (Phi) is 3.77. The number of aryl methyl sites for hydroxylation is 1. The Morgan fingerprint density at radius 2 is 2.29 bits per heavy atom. The van der Waals surface area contributed by atoms with Crippen LogP contribution in [0, 0.1) is 0 Å². The van der Waals surface area contributed by atoms with Crippen molar-refractivity contribution in [1.29, 1.82) is 0 Å². The molecule has 2 aromatic heterocycles. The van der Waals surface area contributed by atoms with E-state index >= 15 is 0 Å². The number of piperidine rings is 1. The number of hydrogen-bond acceptors (Lipinski definition) is 5. The van der Waals surface area contributed by atoms with Gasteiger partial charge in [-0.05, 0) is 25.8 Å². The Bertz CT molecular complexity index is 693. The summed E-state index contributed by atoms with van der Waals surface area (Å²) in [4.78, 5) is 4.13. The molecule has 3 rings (SSSR count). The molecule has 2 aromatic rings. The van der Waals surface area contributed by atoms with Crippen LogP contribution in [-0.2, 0) is 16.6 Å². The van der Waals surface area contributed by atoms with E-state index in [9.17, 15) is 8.42 Å². The smallest absolute Gasteiger partial charge is 0.260 e. The van der Waals surface area contributed by atoms with E-state index in [0.717, 1.165) is 19.3 Å². The van der Waals surface area contributed by atoms with Gasteiger partial charge in [-0.3, -0.25) is 9.78 Å². The van der Waals surface area contributed by atoms with Crippen LogP contribution < -0.4 is 0 Å². The molecule has 0 spiro atoms. The highest BCUT2D eigenvalue weighted by Crippen LogP contribution is 2.33. The molecule has 1 unspecified atom stereocenters. The van der Waals surface area contributed by atoms with E-state index < -0.39 is 10.0 Å². The van der Waals surface area contributed by atoms with Crippen molar-refractivity contribution in [2.24, 2.45) is 0 Å². The van der Waals surface area contributed by atoms with Crippen LogP contribution in [0.3, 0.4) is 0 Å². The van der Waals surface area contributed by atoms with E-state index in [1.807, 2.05) is 6.92 Å². The lowest BCUT2D eigenvalue weighted by molar-refractivity contribution is 0.245. The fourth-order valence-corrected chi connectivity index (χ4v) is 4.56. The van der Waals surface area contributed by atoms with Crippen LogP contribution in [-0.4, -0.2) is 44.2 Å². The van der Waals surface area contributed by atoms with Crippen LogP contribution >= 0.6 is 0 Å². The van der Waals surface area contributed by atoms with Crippen molar-refractivity contribution in [1.82, 2.24) is 29.3 Å². The first-order valence-electron chi connectivity index (χ1n) is 7.03. The molecule has 9 heteroatoms. The predicted molar refractivity (Wildman–Crippen MR) is 74.8 cm³/mol. The monoisotopic (exact) mass is 310 g/mol. The number of nitrogens with one attached hydrogen (secondary N) is 1. The van der Waals surface area contributed by atoms with Gasteiger partial charge in [-0.15, -0.1) is 0 Å². The molecule has 0 amide bonds. The molecular weight excluding hydrogens is 292 g/mol. The third-order valence-electron chi connectivity index (χ3n) is 3.75. The average molecular weight is 310 g/mol. The van der Waals surface area contributed by atoms with Crippen LogP contribution in [0.1, 0.15) is 38.1 Å². The topological polar surface area (TPSA) is 96.8 Å². The van der Waals surface area contributed by atoms with E-state index in [1.165, 1.54) is 21.5 Å². The molecule has 1 fully saturated rings. The Balaban J connectivity index is 2.00. The molecular formula is C12H18N6O2S. The summed E-state index contributed by atoms with van der Waals surface area (Å²) in [5.41, 5.74) is 0. The van der Waals surface area contributed by atoms with E-state index in [2.05, 4.69) is 20.3 Å². The number of H-pyrrole nitrogens is 1. The van der Waals surface area contributed by atoms with Gasteiger partial charge in [-0.2, -0.15) is 14.5 Å². The molecule has 0 bridgehead atoms. The van der Waals surface area contributed by atoms with Crippen LogP contribution in [0.5, 0.6) is 0 Å². The van der Waals surface area contributed by atoms with Gasteiger partial charge in [-0.1, -0.05) is 6.42 Å². The van der Waals surface area contributed by atoms with Gasteiger partial charge in [0.15, 0.2) is 5.03 Å². The average Bonchev–Trinajstić information content (AvgIpc) is 3.18. The number of aromatic nitrogens is 5. The van der Waals surface area contributed by atoms with Crippen LogP contribution in [0.15, 0.2) is 23.6 Å². The van der Waals surface area contributed by atoms with Crippen molar-refractivity contribution in [3.63, 3.8) is 0 Å². The molecule has 1 N–H and O–H groups in total. The minimum atomic E-state index is -3.59. The molecule has 0 aliphatic carbocycles.